The number of hydrogen-bond acceptors (Lipinski definition) is 12. The number of rotatable bonds is 20. The van der Waals surface area contributed by atoms with Crippen LogP contribution in [-0.4, -0.2) is 92.3 Å². The van der Waals surface area contributed by atoms with Crippen LogP contribution in [0.25, 0.3) is 10.2 Å². The van der Waals surface area contributed by atoms with Crippen LogP contribution >= 0.6 is 11.3 Å². The molecule has 6 rings (SSSR count). The number of aromatic nitrogens is 1. The summed E-state index contributed by atoms with van der Waals surface area (Å²) in [5, 5.41) is 21.0. The number of carbonyl (C=O) groups excluding carboxylic acids is 4. The minimum atomic E-state index is -4.90. The van der Waals surface area contributed by atoms with Crippen molar-refractivity contribution in [2.45, 2.75) is 75.9 Å². The molecule has 6 amide bonds. The Bertz CT molecular complexity index is 2470. The number of nitrogens with zero attached hydrogens (tertiary/aromatic N) is 3. The number of benzene rings is 3. The molecular formula is C43H53F6N15O6S. The van der Waals surface area contributed by atoms with E-state index in [0.717, 1.165) is 23.5 Å². The molecule has 0 saturated carbocycles. The van der Waals surface area contributed by atoms with Crippen molar-refractivity contribution in [3.05, 3.63) is 53.6 Å². The van der Waals surface area contributed by atoms with Gasteiger partial charge in [-0.25, -0.2) is 14.6 Å². The molecule has 3 heterocycles. The summed E-state index contributed by atoms with van der Waals surface area (Å²) in [4.78, 5) is 64.9. The van der Waals surface area contributed by atoms with Crippen LogP contribution in [0.3, 0.4) is 0 Å². The fourth-order valence-corrected chi connectivity index (χ4v) is 8.13. The number of aliphatic imine (C=N–C) groups is 2. The molecular weight excluding hydrogens is 969 g/mol. The molecule has 2 aliphatic heterocycles. The van der Waals surface area contributed by atoms with Crippen molar-refractivity contribution in [2.24, 2.45) is 32.9 Å². The van der Waals surface area contributed by atoms with Crippen molar-refractivity contribution in [2.75, 3.05) is 71.2 Å². The molecule has 2 saturated heterocycles. The largest absolute Gasteiger partial charge is 0.485 e. The molecule has 0 unspecified atom stereocenters. The number of urea groups is 2. The smallest absolute Gasteiger partial charge is 0.416 e. The predicted octanol–water partition coefficient (Wildman–Crippen LogP) is 5.87. The third-order valence-corrected chi connectivity index (χ3v) is 11.5. The van der Waals surface area contributed by atoms with Gasteiger partial charge in [-0.1, -0.05) is 11.3 Å². The van der Waals surface area contributed by atoms with E-state index in [9.17, 15) is 45.5 Å². The number of thiazole rings is 1. The number of hydrogen-bond donors (Lipinski definition) is 12. The topological polar surface area (TPSA) is 325 Å². The van der Waals surface area contributed by atoms with E-state index in [2.05, 4.69) is 57.5 Å². The summed E-state index contributed by atoms with van der Waals surface area (Å²) in [6, 6.07) is 5.19. The summed E-state index contributed by atoms with van der Waals surface area (Å²) in [6.45, 7) is 2.31. The second kappa shape index (κ2) is 24.0. The molecule has 0 aliphatic carbocycles. The number of carbonyl (C=O) groups is 4. The quantitative estimate of drug-likeness (QED) is 0.0214. The standard InChI is InChI=1S/C43H53F6N15O6S/c44-42(45,46)22-15-28(59-33(65)5-1-3-11-56-37(50)51)35(69-25-9-13-54-20-25)30(17-22)61-39(67)58-24-7-8-27-32(19-24)71-41(63-27)64-40(68)62-31-18-23(43(47,48)49)16-29(36(31)70-26-10-14-55-21-26)60-34(66)6-2-4-12-57-38(52)53/h7-8,15-19,25-26,54-55H,1-6,9-14,20-21H2,(H,59,65)(H,60,66)(H4,50,51,56)(H4,52,53,57)(H2,58,61,67)(H2,62,63,64,68)/t25-,26-/m1/s1. The molecule has 21 nitrogen and oxygen atoms in total. The summed E-state index contributed by atoms with van der Waals surface area (Å²) < 4.78 is 98.0. The molecule has 0 spiro atoms. The highest BCUT2D eigenvalue weighted by Crippen LogP contribution is 2.44. The van der Waals surface area contributed by atoms with Crippen molar-refractivity contribution in [3.63, 3.8) is 0 Å². The number of nitrogens with one attached hydrogen (secondary N) is 8. The normalized spacial score (nSPS) is 15.6. The van der Waals surface area contributed by atoms with Crippen LogP contribution < -0.4 is 74.9 Å². The van der Waals surface area contributed by atoms with E-state index in [-0.39, 0.29) is 77.2 Å². The lowest BCUT2D eigenvalue weighted by molar-refractivity contribution is -0.138. The van der Waals surface area contributed by atoms with Gasteiger partial charge >= 0.3 is 24.4 Å². The number of amides is 6. The van der Waals surface area contributed by atoms with Crippen LogP contribution in [0, 0.1) is 0 Å². The minimum absolute atomic E-state index is 0.0155. The second-order valence-electron chi connectivity index (χ2n) is 16.2. The van der Waals surface area contributed by atoms with Crippen molar-refractivity contribution >= 4 is 90.9 Å². The third kappa shape index (κ3) is 16.1. The lowest BCUT2D eigenvalue weighted by Gasteiger charge is -2.22. The summed E-state index contributed by atoms with van der Waals surface area (Å²) in [5.74, 6) is -1.88. The van der Waals surface area contributed by atoms with Gasteiger partial charge in [0.15, 0.2) is 28.5 Å². The molecule has 16 N–H and O–H groups in total. The Morgan fingerprint density at radius 3 is 1.51 bits per heavy atom. The van der Waals surface area contributed by atoms with Crippen LogP contribution in [0.1, 0.15) is 62.5 Å². The molecule has 3 aromatic carbocycles. The number of nitrogens with two attached hydrogens (primary N) is 4. The monoisotopic (exact) mass is 1020 g/mol. The number of unbranched alkanes of at least 4 members (excludes halogenated alkanes) is 2. The SMILES string of the molecule is NC(N)=NCCCCC(=O)Nc1cc(C(F)(F)F)cc(NC(=O)Nc2ccc3nc(NC(=O)Nc4cc(C(F)(F)F)cc(NC(=O)CCCCN=C(N)N)c4O[C@@H]4CCNC4)sc3c2)c1O[C@@H]1CCNC1. The average molecular weight is 1020 g/mol. The molecule has 71 heavy (non-hydrogen) atoms. The predicted molar refractivity (Wildman–Crippen MR) is 258 cm³/mol. The highest BCUT2D eigenvalue weighted by molar-refractivity contribution is 7.22. The zero-order valence-electron chi connectivity index (χ0n) is 37.9. The minimum Gasteiger partial charge on any atom is -0.485 e. The number of anilines is 6. The maximum Gasteiger partial charge on any atom is 0.416 e. The molecule has 28 heteroatoms. The zero-order chi connectivity index (χ0) is 51.3. The lowest BCUT2D eigenvalue weighted by Crippen LogP contribution is -2.25. The van der Waals surface area contributed by atoms with Crippen LogP contribution in [0.5, 0.6) is 11.5 Å². The van der Waals surface area contributed by atoms with E-state index in [0.29, 0.717) is 87.1 Å². The van der Waals surface area contributed by atoms with Crippen LogP contribution in [0.15, 0.2) is 52.4 Å². The highest BCUT2D eigenvalue weighted by atomic mass is 32.1. The number of ether oxygens (including phenoxy) is 2. The van der Waals surface area contributed by atoms with E-state index in [1.165, 1.54) is 18.2 Å². The average Bonchev–Trinajstić information content (AvgIpc) is 4.08. The van der Waals surface area contributed by atoms with Crippen molar-refractivity contribution in [1.29, 1.82) is 0 Å². The first-order valence-corrected chi connectivity index (χ1v) is 23.0. The fourth-order valence-electron chi connectivity index (χ4n) is 7.23. The van der Waals surface area contributed by atoms with E-state index < -0.39 is 65.3 Å². The Morgan fingerprint density at radius 2 is 1.08 bits per heavy atom. The van der Waals surface area contributed by atoms with Crippen molar-refractivity contribution in [1.82, 2.24) is 15.6 Å². The van der Waals surface area contributed by atoms with Crippen LogP contribution in [0.2, 0.25) is 0 Å². The van der Waals surface area contributed by atoms with Crippen molar-refractivity contribution in [3.8, 4) is 11.5 Å². The first-order chi connectivity index (χ1) is 33.7. The van der Waals surface area contributed by atoms with Crippen molar-refractivity contribution < 1.29 is 55.0 Å². The van der Waals surface area contributed by atoms with Crippen LogP contribution in [0.4, 0.5) is 69.5 Å². The Balaban J connectivity index is 1.18. The van der Waals surface area contributed by atoms with Gasteiger partial charge in [0.1, 0.15) is 12.2 Å². The Kier molecular flexibility index (Phi) is 17.9. The summed E-state index contributed by atoms with van der Waals surface area (Å²) in [5.41, 5.74) is 18.0. The maximum absolute atomic E-state index is 14.2. The van der Waals surface area contributed by atoms with Gasteiger partial charge in [0, 0.05) is 44.7 Å². The Morgan fingerprint density at radius 1 is 0.634 bits per heavy atom. The fraction of sp³-hybridized carbons (Fsp3) is 0.419. The van der Waals surface area contributed by atoms with E-state index >= 15 is 0 Å². The first kappa shape index (κ1) is 53.0. The van der Waals surface area contributed by atoms with Gasteiger partial charge in [0.25, 0.3) is 0 Å². The molecule has 0 radical (unpaired) electrons. The van der Waals surface area contributed by atoms with Crippen LogP contribution in [-0.2, 0) is 21.9 Å². The molecule has 2 atom stereocenters. The highest BCUT2D eigenvalue weighted by Gasteiger charge is 2.36. The lowest BCUT2D eigenvalue weighted by atomic mass is 10.1. The summed E-state index contributed by atoms with van der Waals surface area (Å²) in [7, 11) is 0. The van der Waals surface area contributed by atoms with Gasteiger partial charge < -0.3 is 69.6 Å². The summed E-state index contributed by atoms with van der Waals surface area (Å²) >= 11 is 0.923. The van der Waals surface area contributed by atoms with Gasteiger partial charge in [-0.2, -0.15) is 26.3 Å². The summed E-state index contributed by atoms with van der Waals surface area (Å²) in [6.07, 6.45) is -8.52. The van der Waals surface area contributed by atoms with Gasteiger partial charge in [-0.3, -0.25) is 24.9 Å². The third-order valence-electron chi connectivity index (χ3n) is 10.6. The van der Waals surface area contributed by atoms with E-state index in [1.807, 2.05) is 0 Å². The Labute approximate surface area is 405 Å². The zero-order valence-corrected chi connectivity index (χ0v) is 38.7. The second-order valence-corrected chi connectivity index (χ2v) is 17.3. The molecule has 1 aromatic heterocycles. The molecule has 2 fully saturated rings. The first-order valence-electron chi connectivity index (χ1n) is 22.2. The maximum atomic E-state index is 14.2. The van der Waals surface area contributed by atoms with E-state index in [1.54, 1.807) is 0 Å². The van der Waals surface area contributed by atoms with Gasteiger partial charge in [-0.15, -0.1) is 0 Å². The molecule has 0 bridgehead atoms. The van der Waals surface area contributed by atoms with Gasteiger partial charge in [-0.05, 0) is 94.1 Å². The number of halogens is 6. The van der Waals surface area contributed by atoms with Gasteiger partial charge in [0.05, 0.1) is 44.1 Å². The number of guanidine groups is 2. The van der Waals surface area contributed by atoms with E-state index in [4.69, 9.17) is 32.4 Å². The number of alkyl halides is 6. The molecule has 384 valence electrons. The molecule has 2 aliphatic rings. The molecule has 4 aromatic rings. The number of fused-ring (bicyclic) bond motifs is 1. The van der Waals surface area contributed by atoms with Gasteiger partial charge in [0.2, 0.25) is 11.8 Å². The Hall–Kier alpha value is -7.33.